The maximum absolute atomic E-state index is 5.88. The van der Waals surface area contributed by atoms with Crippen molar-refractivity contribution in [3.63, 3.8) is 0 Å². The molecule has 0 spiro atoms. The minimum absolute atomic E-state index is 0. The third-order valence-corrected chi connectivity index (χ3v) is 3.47. The van der Waals surface area contributed by atoms with Crippen LogP contribution in [0.4, 0.5) is 17.5 Å². The van der Waals surface area contributed by atoms with Crippen LogP contribution >= 0.6 is 0 Å². The quantitative estimate of drug-likeness (QED) is 0.744. The van der Waals surface area contributed by atoms with Crippen molar-refractivity contribution in [2.24, 2.45) is 0 Å². The SMILES string of the molecule is CCCN(Cc1cnc2nc(N)nc(N)c2n1)c1ccccc1.[HH]. The minimum atomic E-state index is 0. The molecule has 7 heteroatoms. The number of hydrogen-bond acceptors (Lipinski definition) is 7. The van der Waals surface area contributed by atoms with E-state index in [1.54, 1.807) is 6.20 Å². The molecule has 0 saturated heterocycles. The van der Waals surface area contributed by atoms with Gasteiger partial charge < -0.3 is 16.4 Å². The lowest BCUT2D eigenvalue weighted by Crippen LogP contribution is -2.24. The molecule has 3 rings (SSSR count). The van der Waals surface area contributed by atoms with Crippen molar-refractivity contribution in [2.75, 3.05) is 22.9 Å². The molecule has 120 valence electrons. The second-order valence-electron chi connectivity index (χ2n) is 5.26. The Hall–Kier alpha value is -2.96. The normalized spacial score (nSPS) is 10.8. The van der Waals surface area contributed by atoms with Gasteiger partial charge in [0, 0.05) is 13.7 Å². The summed E-state index contributed by atoms with van der Waals surface area (Å²) in [5.74, 6) is 0.359. The molecule has 0 aliphatic rings. The highest BCUT2D eigenvalue weighted by Crippen LogP contribution is 2.19. The standard InChI is InChI=1S/C16H19N7.H2/c1-2-8-23(12-6-4-3-5-7-12)10-11-9-19-15-13(20-11)14(17)21-16(18)22-15;/h3-7,9H,2,8,10H2,1H3,(H4,17,18,19,21,22);1H. The van der Waals surface area contributed by atoms with Crippen LogP contribution in [-0.4, -0.2) is 26.5 Å². The molecular weight excluding hydrogens is 290 g/mol. The van der Waals surface area contributed by atoms with Gasteiger partial charge in [-0.15, -0.1) is 0 Å². The first-order valence-electron chi connectivity index (χ1n) is 7.52. The molecule has 3 aromatic rings. The summed E-state index contributed by atoms with van der Waals surface area (Å²) in [6.07, 6.45) is 2.75. The predicted octanol–water partition coefficient (Wildman–Crippen LogP) is 2.25. The van der Waals surface area contributed by atoms with Gasteiger partial charge in [0.25, 0.3) is 0 Å². The van der Waals surface area contributed by atoms with Crippen molar-refractivity contribution < 1.29 is 1.43 Å². The zero-order chi connectivity index (χ0) is 16.2. The maximum Gasteiger partial charge on any atom is 0.224 e. The third kappa shape index (κ3) is 3.28. The molecule has 23 heavy (non-hydrogen) atoms. The summed E-state index contributed by atoms with van der Waals surface area (Å²) in [7, 11) is 0. The van der Waals surface area contributed by atoms with Crippen molar-refractivity contribution in [2.45, 2.75) is 19.9 Å². The minimum Gasteiger partial charge on any atom is -0.382 e. The van der Waals surface area contributed by atoms with Crippen LogP contribution in [-0.2, 0) is 6.54 Å². The van der Waals surface area contributed by atoms with Gasteiger partial charge in [0.15, 0.2) is 17.0 Å². The lowest BCUT2D eigenvalue weighted by Gasteiger charge is -2.23. The van der Waals surface area contributed by atoms with Crippen LogP contribution in [0, 0.1) is 0 Å². The molecule has 0 aliphatic carbocycles. The smallest absolute Gasteiger partial charge is 0.224 e. The molecule has 2 heterocycles. The Kier molecular flexibility index (Phi) is 4.18. The van der Waals surface area contributed by atoms with Gasteiger partial charge in [-0.25, -0.2) is 9.97 Å². The van der Waals surface area contributed by atoms with Crippen LogP contribution in [0.2, 0.25) is 0 Å². The third-order valence-electron chi connectivity index (χ3n) is 3.47. The number of rotatable bonds is 5. The fraction of sp³-hybridized carbons (Fsp3) is 0.250. The highest BCUT2D eigenvalue weighted by molar-refractivity contribution is 5.81. The van der Waals surface area contributed by atoms with Gasteiger partial charge in [0.05, 0.1) is 18.4 Å². The molecule has 0 radical (unpaired) electrons. The number of aromatic nitrogens is 4. The zero-order valence-electron chi connectivity index (χ0n) is 13.0. The van der Waals surface area contributed by atoms with Gasteiger partial charge in [-0.3, -0.25) is 0 Å². The van der Waals surface area contributed by atoms with E-state index in [1.807, 2.05) is 18.2 Å². The van der Waals surface area contributed by atoms with Crippen molar-refractivity contribution >= 4 is 28.6 Å². The first kappa shape index (κ1) is 15.0. The molecule has 1 aromatic carbocycles. The zero-order valence-corrected chi connectivity index (χ0v) is 13.0. The fourth-order valence-corrected chi connectivity index (χ4v) is 2.46. The lowest BCUT2D eigenvalue weighted by atomic mass is 10.2. The first-order valence-corrected chi connectivity index (χ1v) is 7.52. The summed E-state index contributed by atoms with van der Waals surface area (Å²) in [6.45, 7) is 3.72. The second kappa shape index (κ2) is 6.43. The molecule has 0 unspecified atom stereocenters. The molecule has 0 atom stereocenters. The summed E-state index contributed by atoms with van der Waals surface area (Å²) in [6, 6.07) is 10.2. The maximum atomic E-state index is 5.88. The fourth-order valence-electron chi connectivity index (χ4n) is 2.46. The number of fused-ring (bicyclic) bond motifs is 1. The number of hydrogen-bond donors (Lipinski definition) is 2. The molecule has 4 N–H and O–H groups in total. The number of nitrogens with two attached hydrogens (primary N) is 2. The summed E-state index contributed by atoms with van der Waals surface area (Å²) in [5.41, 5.74) is 14.3. The topological polar surface area (TPSA) is 107 Å². The van der Waals surface area contributed by atoms with Crippen LogP contribution in [0.25, 0.3) is 11.2 Å². The van der Waals surface area contributed by atoms with E-state index < -0.39 is 0 Å². The lowest BCUT2D eigenvalue weighted by molar-refractivity contribution is 0.753. The van der Waals surface area contributed by atoms with E-state index in [-0.39, 0.29) is 13.2 Å². The van der Waals surface area contributed by atoms with Crippen molar-refractivity contribution in [1.29, 1.82) is 0 Å². The molecule has 7 nitrogen and oxygen atoms in total. The highest BCUT2D eigenvalue weighted by atomic mass is 15.1. The van der Waals surface area contributed by atoms with E-state index >= 15 is 0 Å². The van der Waals surface area contributed by atoms with Gasteiger partial charge in [-0.1, -0.05) is 25.1 Å². The molecule has 0 fully saturated rings. The van der Waals surface area contributed by atoms with Crippen molar-refractivity contribution in [1.82, 2.24) is 19.9 Å². The molecular formula is C16H21N7. The average Bonchev–Trinajstić information content (AvgIpc) is 2.56. The van der Waals surface area contributed by atoms with Gasteiger partial charge in [0.1, 0.15) is 0 Å². The van der Waals surface area contributed by atoms with Crippen molar-refractivity contribution in [3.8, 4) is 0 Å². The van der Waals surface area contributed by atoms with Crippen LogP contribution in [0.3, 0.4) is 0 Å². The Balaban J connectivity index is 0.00000208. The number of para-hydroxylation sites is 1. The molecule has 0 amide bonds. The first-order chi connectivity index (χ1) is 11.2. The molecule has 0 saturated carbocycles. The van der Waals surface area contributed by atoms with E-state index in [4.69, 9.17) is 11.5 Å². The average molecular weight is 311 g/mol. The monoisotopic (exact) mass is 311 g/mol. The van der Waals surface area contributed by atoms with Gasteiger partial charge in [0.2, 0.25) is 5.95 Å². The number of benzene rings is 1. The summed E-state index contributed by atoms with van der Waals surface area (Å²) >= 11 is 0. The van der Waals surface area contributed by atoms with Gasteiger partial charge >= 0.3 is 0 Å². The number of anilines is 3. The summed E-state index contributed by atoms with van der Waals surface area (Å²) in [5, 5.41) is 0. The van der Waals surface area contributed by atoms with Gasteiger partial charge in [-0.2, -0.15) is 9.97 Å². The number of nitrogen functional groups attached to an aromatic ring is 2. The van der Waals surface area contributed by atoms with E-state index in [0.717, 1.165) is 24.3 Å². The highest BCUT2D eigenvalue weighted by Gasteiger charge is 2.11. The van der Waals surface area contributed by atoms with Crippen LogP contribution in [0.1, 0.15) is 20.5 Å². The molecule has 0 bridgehead atoms. The molecule has 0 aliphatic heterocycles. The van der Waals surface area contributed by atoms with E-state index in [0.29, 0.717) is 17.7 Å². The Bertz CT molecular complexity index is 810. The largest absolute Gasteiger partial charge is 0.382 e. The van der Waals surface area contributed by atoms with Crippen LogP contribution < -0.4 is 16.4 Å². The Labute approximate surface area is 135 Å². The van der Waals surface area contributed by atoms with E-state index in [2.05, 4.69) is 43.9 Å². The summed E-state index contributed by atoms with van der Waals surface area (Å²) in [4.78, 5) is 19.1. The number of nitrogens with zero attached hydrogens (tertiary/aromatic N) is 5. The van der Waals surface area contributed by atoms with E-state index in [9.17, 15) is 0 Å². The Morgan fingerprint density at radius 3 is 2.61 bits per heavy atom. The Morgan fingerprint density at radius 2 is 1.87 bits per heavy atom. The molecule has 2 aromatic heterocycles. The summed E-state index contributed by atoms with van der Waals surface area (Å²) < 4.78 is 0. The van der Waals surface area contributed by atoms with Crippen LogP contribution in [0.5, 0.6) is 0 Å². The Morgan fingerprint density at radius 1 is 1.09 bits per heavy atom. The van der Waals surface area contributed by atoms with Gasteiger partial charge in [-0.05, 0) is 18.6 Å². The predicted molar refractivity (Wildman–Crippen MR) is 93.8 cm³/mol. The second-order valence-corrected chi connectivity index (χ2v) is 5.26. The van der Waals surface area contributed by atoms with E-state index in [1.165, 1.54) is 0 Å². The van der Waals surface area contributed by atoms with Crippen molar-refractivity contribution in [3.05, 3.63) is 42.2 Å². The van der Waals surface area contributed by atoms with Crippen LogP contribution in [0.15, 0.2) is 36.5 Å².